The molecule has 112 valence electrons. The Morgan fingerprint density at radius 3 is 2.75 bits per heavy atom. The molecule has 0 bridgehead atoms. The van der Waals surface area contributed by atoms with Gasteiger partial charge in [0.15, 0.2) is 0 Å². The topological polar surface area (TPSA) is 60.2 Å². The summed E-state index contributed by atoms with van der Waals surface area (Å²) in [5, 5.41) is 3.46. The van der Waals surface area contributed by atoms with E-state index in [0.29, 0.717) is 22.9 Å². The van der Waals surface area contributed by atoms with Gasteiger partial charge in [-0.15, -0.1) is 0 Å². The summed E-state index contributed by atoms with van der Waals surface area (Å²) in [5.74, 6) is 1.38. The van der Waals surface area contributed by atoms with Gasteiger partial charge >= 0.3 is 0 Å². The number of rotatable bonds is 6. The molecular formula is C15H25N3OS. The minimum atomic E-state index is 0.354. The van der Waals surface area contributed by atoms with Gasteiger partial charge in [-0.2, -0.15) is 16.7 Å². The summed E-state index contributed by atoms with van der Waals surface area (Å²) in [5.41, 5.74) is 6.44. The van der Waals surface area contributed by atoms with E-state index in [1.54, 1.807) is 0 Å². The number of thioether (sulfide) groups is 1. The van der Waals surface area contributed by atoms with Crippen LogP contribution in [0.4, 0.5) is 11.5 Å². The normalized spacial score (nSPS) is 17.7. The maximum absolute atomic E-state index is 5.85. The Labute approximate surface area is 125 Å². The number of nitrogens with two attached hydrogens (primary N) is 1. The molecular weight excluding hydrogens is 270 g/mol. The number of nitrogen functional groups attached to an aromatic ring is 1. The van der Waals surface area contributed by atoms with E-state index in [0.717, 1.165) is 12.4 Å². The minimum absolute atomic E-state index is 0.354. The molecule has 1 aliphatic rings. The molecule has 1 aliphatic carbocycles. The predicted octanol–water partition coefficient (Wildman–Crippen LogP) is 3.54. The van der Waals surface area contributed by atoms with Gasteiger partial charge in [-0.25, -0.2) is 0 Å². The van der Waals surface area contributed by atoms with Crippen molar-refractivity contribution in [3.63, 3.8) is 0 Å². The molecule has 1 aromatic rings. The molecule has 3 N–H and O–H groups in total. The lowest BCUT2D eigenvalue weighted by Crippen LogP contribution is -2.35. The highest BCUT2D eigenvalue weighted by Crippen LogP contribution is 2.38. The van der Waals surface area contributed by atoms with Crippen LogP contribution in [0.15, 0.2) is 12.1 Å². The van der Waals surface area contributed by atoms with E-state index in [9.17, 15) is 0 Å². The van der Waals surface area contributed by atoms with Crippen LogP contribution in [0, 0.1) is 0 Å². The number of nitrogens with zero attached hydrogens (tertiary/aromatic N) is 1. The maximum Gasteiger partial charge on any atom is 0.239 e. The second kappa shape index (κ2) is 7.07. The largest absolute Gasteiger partial charge is 0.476 e. The fourth-order valence-corrected chi connectivity index (χ4v) is 3.62. The average Bonchev–Trinajstić information content (AvgIpc) is 2.49. The van der Waals surface area contributed by atoms with Crippen molar-refractivity contribution in [3.05, 3.63) is 12.1 Å². The molecule has 0 spiro atoms. The Morgan fingerprint density at radius 1 is 1.35 bits per heavy atom. The first kappa shape index (κ1) is 15.3. The Balaban J connectivity index is 2.00. The summed E-state index contributed by atoms with van der Waals surface area (Å²) in [7, 11) is 0. The summed E-state index contributed by atoms with van der Waals surface area (Å²) in [6.45, 7) is 3.47. The molecule has 0 amide bonds. The number of ether oxygens (including phenoxy) is 1. The average molecular weight is 295 g/mol. The molecule has 0 atom stereocenters. The number of hydrogen-bond donors (Lipinski definition) is 2. The van der Waals surface area contributed by atoms with Gasteiger partial charge in [-0.3, -0.25) is 0 Å². The lowest BCUT2D eigenvalue weighted by molar-refractivity contribution is 0.329. The first-order valence-corrected chi connectivity index (χ1v) is 8.60. The van der Waals surface area contributed by atoms with Gasteiger partial charge < -0.3 is 15.8 Å². The van der Waals surface area contributed by atoms with Crippen molar-refractivity contribution in [1.29, 1.82) is 0 Å². The van der Waals surface area contributed by atoms with Crippen molar-refractivity contribution in [2.24, 2.45) is 0 Å². The van der Waals surface area contributed by atoms with Crippen molar-refractivity contribution in [2.45, 2.75) is 43.8 Å². The van der Waals surface area contributed by atoms with Crippen LogP contribution in [0.25, 0.3) is 0 Å². The van der Waals surface area contributed by atoms with E-state index in [4.69, 9.17) is 10.5 Å². The van der Waals surface area contributed by atoms with Crippen molar-refractivity contribution in [1.82, 2.24) is 4.98 Å². The standard InChI is InChI=1S/C15H25N3OS/c1-3-19-14-12(16)7-8-13(18-14)17-11-15(20-2)9-5-4-6-10-15/h7-8H,3-6,9-11,16H2,1-2H3,(H,17,18). The van der Waals surface area contributed by atoms with E-state index in [-0.39, 0.29) is 0 Å². The highest BCUT2D eigenvalue weighted by atomic mass is 32.2. The Hall–Kier alpha value is -1.10. The SMILES string of the molecule is CCOc1nc(NCC2(SC)CCCCC2)ccc1N. The summed E-state index contributed by atoms with van der Waals surface area (Å²) in [6.07, 6.45) is 8.83. The molecule has 5 heteroatoms. The summed E-state index contributed by atoms with van der Waals surface area (Å²) >= 11 is 1.98. The Kier molecular flexibility index (Phi) is 5.40. The summed E-state index contributed by atoms with van der Waals surface area (Å²) < 4.78 is 5.79. The Morgan fingerprint density at radius 2 is 2.10 bits per heavy atom. The zero-order chi connectivity index (χ0) is 14.4. The van der Waals surface area contributed by atoms with Gasteiger partial charge in [0.1, 0.15) is 5.82 Å². The number of hydrogen-bond acceptors (Lipinski definition) is 5. The van der Waals surface area contributed by atoms with Crippen LogP contribution in [0.2, 0.25) is 0 Å². The van der Waals surface area contributed by atoms with Gasteiger partial charge in [0.2, 0.25) is 5.88 Å². The fourth-order valence-electron chi connectivity index (χ4n) is 2.70. The fraction of sp³-hybridized carbons (Fsp3) is 0.667. The first-order chi connectivity index (χ1) is 9.69. The highest BCUT2D eigenvalue weighted by molar-refractivity contribution is 8.00. The second-order valence-electron chi connectivity index (χ2n) is 5.33. The van der Waals surface area contributed by atoms with Crippen molar-refractivity contribution in [2.75, 3.05) is 30.5 Å². The third-order valence-corrected chi connectivity index (χ3v) is 5.38. The molecule has 4 nitrogen and oxygen atoms in total. The molecule has 1 heterocycles. The molecule has 0 radical (unpaired) electrons. The molecule has 1 aromatic heterocycles. The van der Waals surface area contributed by atoms with Crippen LogP contribution in [0.5, 0.6) is 5.88 Å². The minimum Gasteiger partial charge on any atom is -0.476 e. The molecule has 1 saturated carbocycles. The molecule has 0 saturated heterocycles. The van der Waals surface area contributed by atoms with Crippen LogP contribution in [-0.4, -0.2) is 29.1 Å². The molecule has 1 fully saturated rings. The lowest BCUT2D eigenvalue weighted by Gasteiger charge is -2.36. The van der Waals surface area contributed by atoms with Crippen molar-refractivity contribution < 1.29 is 4.74 Å². The van der Waals surface area contributed by atoms with Crippen LogP contribution < -0.4 is 15.8 Å². The van der Waals surface area contributed by atoms with Crippen molar-refractivity contribution >= 4 is 23.3 Å². The monoisotopic (exact) mass is 295 g/mol. The maximum atomic E-state index is 5.85. The van der Waals surface area contributed by atoms with E-state index >= 15 is 0 Å². The van der Waals surface area contributed by atoms with Gasteiger partial charge in [0.05, 0.1) is 12.3 Å². The van der Waals surface area contributed by atoms with E-state index in [1.165, 1.54) is 32.1 Å². The summed E-state index contributed by atoms with van der Waals surface area (Å²) in [4.78, 5) is 4.44. The zero-order valence-corrected chi connectivity index (χ0v) is 13.3. The molecule has 2 rings (SSSR count). The second-order valence-corrected chi connectivity index (χ2v) is 6.60. The zero-order valence-electron chi connectivity index (χ0n) is 12.4. The number of nitrogens with one attached hydrogen (secondary N) is 1. The Bertz CT molecular complexity index is 433. The molecule has 20 heavy (non-hydrogen) atoms. The molecule has 0 aromatic carbocycles. The van der Waals surface area contributed by atoms with Gasteiger partial charge in [0, 0.05) is 11.3 Å². The number of anilines is 2. The summed E-state index contributed by atoms with van der Waals surface area (Å²) in [6, 6.07) is 3.78. The van der Waals surface area contributed by atoms with Crippen LogP contribution in [-0.2, 0) is 0 Å². The predicted molar refractivity (Wildman–Crippen MR) is 87.6 cm³/mol. The smallest absolute Gasteiger partial charge is 0.239 e. The van der Waals surface area contributed by atoms with Gasteiger partial charge in [0.25, 0.3) is 0 Å². The van der Waals surface area contributed by atoms with Crippen LogP contribution in [0.3, 0.4) is 0 Å². The quantitative estimate of drug-likeness (QED) is 0.840. The van der Waals surface area contributed by atoms with E-state index < -0.39 is 0 Å². The van der Waals surface area contributed by atoms with Crippen LogP contribution >= 0.6 is 11.8 Å². The van der Waals surface area contributed by atoms with Gasteiger partial charge in [-0.1, -0.05) is 19.3 Å². The third kappa shape index (κ3) is 3.72. The lowest BCUT2D eigenvalue weighted by atomic mass is 9.88. The van der Waals surface area contributed by atoms with E-state index in [1.807, 2.05) is 30.8 Å². The van der Waals surface area contributed by atoms with Crippen LogP contribution in [0.1, 0.15) is 39.0 Å². The third-order valence-electron chi connectivity index (χ3n) is 3.96. The molecule has 0 aliphatic heterocycles. The number of pyridine rings is 1. The van der Waals surface area contributed by atoms with E-state index in [2.05, 4.69) is 16.6 Å². The van der Waals surface area contributed by atoms with Crippen molar-refractivity contribution in [3.8, 4) is 5.88 Å². The first-order valence-electron chi connectivity index (χ1n) is 7.37. The number of aromatic nitrogens is 1. The van der Waals surface area contributed by atoms with Gasteiger partial charge in [-0.05, 0) is 38.2 Å². The molecule has 0 unspecified atom stereocenters. The highest BCUT2D eigenvalue weighted by Gasteiger charge is 2.30.